The number of benzene rings is 2. The molecule has 2 atom stereocenters. The zero-order valence-corrected chi connectivity index (χ0v) is 21.8. The van der Waals surface area contributed by atoms with E-state index in [0.29, 0.717) is 11.4 Å². The fourth-order valence-corrected chi connectivity index (χ4v) is 5.85. The van der Waals surface area contributed by atoms with Crippen LogP contribution in [0.1, 0.15) is 74.1 Å². The lowest BCUT2D eigenvalue weighted by Crippen LogP contribution is -2.21. The molecule has 0 saturated carbocycles. The molecule has 1 aliphatic carbocycles. The van der Waals surface area contributed by atoms with Gasteiger partial charge in [-0.05, 0) is 66.6 Å². The molecular formula is C27H26BrClF3NO2. The highest BCUT2D eigenvalue weighted by Crippen LogP contribution is 2.45. The fraction of sp³-hybridized carbons (Fsp3) is 0.370. The van der Waals surface area contributed by atoms with E-state index in [1.165, 1.54) is 6.92 Å². The number of halogens is 5. The Hall–Kier alpha value is -2.25. The first-order valence-electron chi connectivity index (χ1n) is 11.6. The Labute approximate surface area is 216 Å². The molecule has 35 heavy (non-hydrogen) atoms. The van der Waals surface area contributed by atoms with Gasteiger partial charge < -0.3 is 9.30 Å². The largest absolute Gasteiger partial charge is 0.456 e. The van der Waals surface area contributed by atoms with Crippen molar-refractivity contribution >= 4 is 33.5 Å². The summed E-state index contributed by atoms with van der Waals surface area (Å²) < 4.78 is 48.2. The van der Waals surface area contributed by atoms with Gasteiger partial charge in [0.05, 0.1) is 17.3 Å². The van der Waals surface area contributed by atoms with Gasteiger partial charge in [-0.15, -0.1) is 0 Å². The van der Waals surface area contributed by atoms with Crippen molar-refractivity contribution in [2.75, 3.05) is 0 Å². The SMILES string of the molecule is CCCC(c1ccc(C(F)(F)F)cc1)n1cc(-c2ccc(Cl)cc2Br)c2c1C(OC(C)=O)CCC2. The van der Waals surface area contributed by atoms with E-state index in [1.807, 2.05) is 25.1 Å². The molecule has 0 amide bonds. The van der Waals surface area contributed by atoms with Gasteiger partial charge in [-0.25, -0.2) is 0 Å². The topological polar surface area (TPSA) is 31.2 Å². The normalized spacial score (nSPS) is 16.6. The number of carbonyl (C=O) groups excluding carboxylic acids is 1. The number of esters is 1. The zero-order chi connectivity index (χ0) is 25.3. The standard InChI is InChI=1S/C27H26BrClF3NO2/c1-3-5-24(17-8-10-18(11-9-17)27(30,31)32)33-15-22(20-13-12-19(29)14-23(20)28)21-6-4-7-25(26(21)33)35-16(2)34/h8-15,24-25H,3-7H2,1-2H3. The average Bonchev–Trinajstić information content (AvgIpc) is 3.17. The van der Waals surface area contributed by atoms with E-state index in [0.717, 1.165) is 70.2 Å². The Morgan fingerprint density at radius 2 is 1.91 bits per heavy atom. The Morgan fingerprint density at radius 1 is 1.20 bits per heavy atom. The van der Waals surface area contributed by atoms with Gasteiger partial charge in [0.25, 0.3) is 0 Å². The molecule has 0 spiro atoms. The number of nitrogens with zero attached hydrogens (tertiary/aromatic N) is 1. The highest BCUT2D eigenvalue weighted by atomic mass is 79.9. The van der Waals surface area contributed by atoms with Crippen molar-refractivity contribution in [3.63, 3.8) is 0 Å². The highest BCUT2D eigenvalue weighted by Gasteiger charge is 2.34. The van der Waals surface area contributed by atoms with Gasteiger partial charge in [0.2, 0.25) is 0 Å². The molecule has 1 heterocycles. The summed E-state index contributed by atoms with van der Waals surface area (Å²) in [4.78, 5) is 11.9. The van der Waals surface area contributed by atoms with E-state index in [9.17, 15) is 18.0 Å². The Bertz CT molecular complexity index is 1220. The van der Waals surface area contributed by atoms with E-state index in [2.05, 4.69) is 26.7 Å². The van der Waals surface area contributed by atoms with Crippen molar-refractivity contribution in [2.24, 2.45) is 0 Å². The maximum absolute atomic E-state index is 13.2. The second-order valence-electron chi connectivity index (χ2n) is 8.85. The predicted molar refractivity (Wildman–Crippen MR) is 135 cm³/mol. The third-order valence-corrected chi connectivity index (χ3v) is 7.32. The molecule has 1 aromatic heterocycles. The lowest BCUT2D eigenvalue weighted by molar-refractivity contribution is -0.147. The average molecular weight is 569 g/mol. The smallest absolute Gasteiger partial charge is 0.416 e. The van der Waals surface area contributed by atoms with Crippen LogP contribution in [0.2, 0.25) is 5.02 Å². The quantitative estimate of drug-likeness (QED) is 0.278. The first kappa shape index (κ1) is 25.8. The van der Waals surface area contributed by atoms with Crippen LogP contribution in [0.25, 0.3) is 11.1 Å². The maximum atomic E-state index is 13.2. The first-order chi connectivity index (χ1) is 16.6. The summed E-state index contributed by atoms with van der Waals surface area (Å²) in [7, 11) is 0. The highest BCUT2D eigenvalue weighted by molar-refractivity contribution is 9.10. The van der Waals surface area contributed by atoms with Crippen LogP contribution in [-0.2, 0) is 22.1 Å². The van der Waals surface area contributed by atoms with Gasteiger partial charge in [-0.2, -0.15) is 13.2 Å². The molecule has 3 aromatic rings. The summed E-state index contributed by atoms with van der Waals surface area (Å²) >= 11 is 9.81. The molecule has 0 saturated heterocycles. The number of ether oxygens (including phenoxy) is 1. The predicted octanol–water partition coefficient (Wildman–Crippen LogP) is 8.92. The number of hydrogen-bond acceptors (Lipinski definition) is 2. The maximum Gasteiger partial charge on any atom is 0.416 e. The van der Waals surface area contributed by atoms with E-state index >= 15 is 0 Å². The van der Waals surface area contributed by atoms with Crippen molar-refractivity contribution in [1.82, 2.24) is 4.57 Å². The summed E-state index contributed by atoms with van der Waals surface area (Å²) in [6, 6.07) is 10.8. The van der Waals surface area contributed by atoms with Crippen molar-refractivity contribution in [3.05, 3.63) is 80.5 Å². The molecule has 8 heteroatoms. The van der Waals surface area contributed by atoms with Crippen LogP contribution in [0.5, 0.6) is 0 Å². The molecule has 0 radical (unpaired) electrons. The van der Waals surface area contributed by atoms with Gasteiger partial charge in [-0.3, -0.25) is 4.79 Å². The van der Waals surface area contributed by atoms with E-state index in [-0.39, 0.29) is 12.0 Å². The molecule has 2 unspecified atom stereocenters. The third-order valence-electron chi connectivity index (χ3n) is 6.43. The third kappa shape index (κ3) is 5.46. The molecule has 0 N–H and O–H groups in total. The van der Waals surface area contributed by atoms with Crippen molar-refractivity contribution in [3.8, 4) is 11.1 Å². The summed E-state index contributed by atoms with van der Waals surface area (Å²) in [6.45, 7) is 3.45. The number of alkyl halides is 3. The summed E-state index contributed by atoms with van der Waals surface area (Å²) in [5, 5.41) is 0.611. The van der Waals surface area contributed by atoms with E-state index in [4.69, 9.17) is 16.3 Å². The summed E-state index contributed by atoms with van der Waals surface area (Å²) in [6.07, 6.45) is 1.19. The molecule has 0 fully saturated rings. The fourth-order valence-electron chi connectivity index (χ4n) is 4.95. The van der Waals surface area contributed by atoms with Gasteiger partial charge in [0.1, 0.15) is 6.10 Å². The minimum absolute atomic E-state index is 0.202. The first-order valence-corrected chi connectivity index (χ1v) is 12.8. The van der Waals surface area contributed by atoms with Crippen LogP contribution in [0.4, 0.5) is 13.2 Å². The number of aromatic nitrogens is 1. The van der Waals surface area contributed by atoms with Crippen LogP contribution in [0.15, 0.2) is 53.1 Å². The van der Waals surface area contributed by atoms with Crippen LogP contribution >= 0.6 is 27.5 Å². The van der Waals surface area contributed by atoms with Crippen LogP contribution in [0, 0.1) is 0 Å². The molecule has 0 bridgehead atoms. The lowest BCUT2D eigenvalue weighted by atomic mass is 9.90. The monoisotopic (exact) mass is 567 g/mol. The van der Waals surface area contributed by atoms with Gasteiger partial charge in [-0.1, -0.05) is 59.1 Å². The van der Waals surface area contributed by atoms with Crippen LogP contribution < -0.4 is 0 Å². The number of carbonyl (C=O) groups is 1. The molecule has 0 aliphatic heterocycles. The number of hydrogen-bond donors (Lipinski definition) is 0. The summed E-state index contributed by atoms with van der Waals surface area (Å²) in [5.74, 6) is -0.355. The molecule has 1 aliphatic rings. The van der Waals surface area contributed by atoms with Crippen molar-refractivity contribution in [2.45, 2.75) is 64.3 Å². The number of rotatable bonds is 6. The van der Waals surface area contributed by atoms with Crippen molar-refractivity contribution < 1.29 is 22.7 Å². The van der Waals surface area contributed by atoms with Gasteiger partial charge in [0.15, 0.2) is 0 Å². The number of fused-ring (bicyclic) bond motifs is 1. The van der Waals surface area contributed by atoms with E-state index < -0.39 is 17.8 Å². The van der Waals surface area contributed by atoms with Crippen LogP contribution in [0.3, 0.4) is 0 Å². The second kappa shape index (κ2) is 10.4. The van der Waals surface area contributed by atoms with E-state index in [1.54, 1.807) is 12.1 Å². The lowest BCUT2D eigenvalue weighted by Gasteiger charge is -2.29. The minimum atomic E-state index is -4.39. The Balaban J connectivity index is 1.90. The Kier molecular flexibility index (Phi) is 7.67. The van der Waals surface area contributed by atoms with Crippen LogP contribution in [-0.4, -0.2) is 10.5 Å². The zero-order valence-electron chi connectivity index (χ0n) is 19.5. The second-order valence-corrected chi connectivity index (χ2v) is 10.1. The van der Waals surface area contributed by atoms with Gasteiger partial charge >= 0.3 is 12.1 Å². The summed E-state index contributed by atoms with van der Waals surface area (Å²) in [5.41, 5.74) is 4.10. The molecule has 2 aromatic carbocycles. The molecule has 4 rings (SSSR count). The molecule has 3 nitrogen and oxygen atoms in total. The van der Waals surface area contributed by atoms with Crippen molar-refractivity contribution in [1.29, 1.82) is 0 Å². The molecule has 186 valence electrons. The van der Waals surface area contributed by atoms with Gasteiger partial charge in [0, 0.05) is 28.2 Å². The minimum Gasteiger partial charge on any atom is -0.456 e. The Morgan fingerprint density at radius 3 is 2.51 bits per heavy atom. The molecular weight excluding hydrogens is 543 g/mol.